The lowest BCUT2D eigenvalue weighted by Crippen LogP contribution is -2.63. The molecule has 154 valence electrons. The van der Waals surface area contributed by atoms with E-state index in [0.717, 1.165) is 32.1 Å². The van der Waals surface area contributed by atoms with E-state index in [-0.39, 0.29) is 16.4 Å². The van der Waals surface area contributed by atoms with E-state index in [2.05, 4.69) is 19.9 Å². The number of carbonyl (C=O) groups excluding carboxylic acids is 1. The second-order valence-corrected chi connectivity index (χ2v) is 10.6. The van der Waals surface area contributed by atoms with Gasteiger partial charge in [-0.1, -0.05) is 25.5 Å². The van der Waals surface area contributed by atoms with Crippen molar-refractivity contribution in [1.82, 2.24) is 0 Å². The number of hydrogen-bond acceptors (Lipinski definition) is 5. The van der Waals surface area contributed by atoms with E-state index in [1.807, 2.05) is 0 Å². The highest BCUT2D eigenvalue weighted by atomic mass is 16.9. The van der Waals surface area contributed by atoms with E-state index < -0.39 is 5.79 Å². The molecule has 4 aliphatic carbocycles. The van der Waals surface area contributed by atoms with Crippen molar-refractivity contribution in [3.8, 4) is 0 Å². The molecule has 2 spiro atoms. The van der Waals surface area contributed by atoms with Crippen molar-refractivity contribution in [2.75, 3.05) is 20.2 Å². The van der Waals surface area contributed by atoms with E-state index in [0.29, 0.717) is 50.2 Å². The largest absolute Gasteiger partial charge is 0.350 e. The highest BCUT2D eigenvalue weighted by Crippen LogP contribution is 2.71. The molecule has 2 saturated heterocycles. The number of hydrogen-bond donors (Lipinski definition) is 0. The quantitative estimate of drug-likeness (QED) is 0.588. The van der Waals surface area contributed by atoms with Crippen molar-refractivity contribution in [1.29, 1.82) is 0 Å². The second kappa shape index (κ2) is 5.69. The van der Waals surface area contributed by atoms with Crippen LogP contribution in [0.25, 0.3) is 0 Å². The van der Waals surface area contributed by atoms with Crippen LogP contribution in [0.5, 0.6) is 0 Å². The van der Waals surface area contributed by atoms with Gasteiger partial charge in [-0.15, -0.1) is 0 Å². The van der Waals surface area contributed by atoms with Gasteiger partial charge in [-0.25, -0.2) is 0 Å². The van der Waals surface area contributed by atoms with Gasteiger partial charge in [0.05, 0.1) is 0 Å². The molecule has 0 amide bonds. The molecule has 2 heterocycles. The molecule has 28 heavy (non-hydrogen) atoms. The molecule has 5 heteroatoms. The molecule has 6 aliphatic rings. The Morgan fingerprint density at radius 3 is 2.64 bits per heavy atom. The van der Waals surface area contributed by atoms with Gasteiger partial charge in [-0.05, 0) is 61.7 Å². The number of allylic oxidation sites excluding steroid dienone is 2. The number of Topliss-reactive ketones (excluding diaryl/α,β-unsaturated/α-hetero) is 1. The Labute approximate surface area is 167 Å². The minimum atomic E-state index is -0.722. The van der Waals surface area contributed by atoms with E-state index in [9.17, 15) is 4.79 Å². The van der Waals surface area contributed by atoms with Crippen LogP contribution in [-0.2, 0) is 23.7 Å². The van der Waals surface area contributed by atoms with Crippen molar-refractivity contribution in [3.63, 3.8) is 0 Å². The van der Waals surface area contributed by atoms with Gasteiger partial charge < -0.3 is 18.9 Å². The number of carbonyl (C=O) groups is 1. The van der Waals surface area contributed by atoms with Crippen LogP contribution < -0.4 is 0 Å². The summed E-state index contributed by atoms with van der Waals surface area (Å²) in [5.74, 6) is 1.68. The summed E-state index contributed by atoms with van der Waals surface area (Å²) in [7, 11) is 0. The monoisotopic (exact) mass is 388 g/mol. The van der Waals surface area contributed by atoms with Crippen LogP contribution >= 0.6 is 0 Å². The van der Waals surface area contributed by atoms with Crippen LogP contribution in [-0.4, -0.2) is 37.4 Å². The number of fused-ring (bicyclic) bond motifs is 7. The van der Waals surface area contributed by atoms with Crippen LogP contribution in [0.15, 0.2) is 11.6 Å². The van der Waals surface area contributed by atoms with E-state index in [4.69, 9.17) is 18.9 Å². The van der Waals surface area contributed by atoms with Gasteiger partial charge in [0, 0.05) is 18.3 Å². The number of ether oxygens (including phenoxy) is 4. The fourth-order valence-electron chi connectivity index (χ4n) is 8.46. The lowest BCUT2D eigenvalue weighted by atomic mass is 9.46. The molecule has 5 nitrogen and oxygen atoms in total. The molecular weight excluding hydrogens is 356 g/mol. The van der Waals surface area contributed by atoms with Crippen molar-refractivity contribution >= 4 is 5.78 Å². The van der Waals surface area contributed by atoms with Crippen LogP contribution in [0.3, 0.4) is 0 Å². The number of ketones is 1. The molecular formula is C23H32O5. The smallest absolute Gasteiger partial charge is 0.226 e. The first-order valence-electron chi connectivity index (χ1n) is 11.2. The lowest BCUT2D eigenvalue weighted by molar-refractivity contribution is -0.248. The van der Waals surface area contributed by atoms with Gasteiger partial charge in [0.1, 0.15) is 18.0 Å². The summed E-state index contributed by atoms with van der Waals surface area (Å²) >= 11 is 0. The molecule has 5 fully saturated rings. The summed E-state index contributed by atoms with van der Waals surface area (Å²) in [5.41, 5.74) is 1.31. The first-order valence-corrected chi connectivity index (χ1v) is 11.2. The summed E-state index contributed by atoms with van der Waals surface area (Å²) < 4.78 is 24.3. The normalized spacial score (nSPS) is 55.3. The fourth-order valence-corrected chi connectivity index (χ4v) is 8.46. The van der Waals surface area contributed by atoms with E-state index in [1.54, 1.807) is 0 Å². The molecule has 6 rings (SSSR count). The molecule has 0 radical (unpaired) electrons. The summed E-state index contributed by atoms with van der Waals surface area (Å²) in [6, 6.07) is 0. The molecule has 3 saturated carbocycles. The van der Waals surface area contributed by atoms with Gasteiger partial charge in [0.15, 0.2) is 13.6 Å². The van der Waals surface area contributed by atoms with E-state index >= 15 is 0 Å². The van der Waals surface area contributed by atoms with Gasteiger partial charge in [0.25, 0.3) is 0 Å². The maximum absolute atomic E-state index is 12.1. The molecule has 0 aromatic carbocycles. The fraction of sp³-hybridized carbons (Fsp3) is 0.870. The topological polar surface area (TPSA) is 54.0 Å². The second-order valence-electron chi connectivity index (χ2n) is 10.6. The van der Waals surface area contributed by atoms with Crippen LogP contribution in [0, 0.1) is 28.6 Å². The average Bonchev–Trinajstić information content (AvgIpc) is 3.37. The van der Waals surface area contributed by atoms with Gasteiger partial charge >= 0.3 is 0 Å². The Morgan fingerprint density at radius 2 is 1.82 bits per heavy atom. The predicted octanol–water partition coefficient (Wildman–Crippen LogP) is 3.96. The van der Waals surface area contributed by atoms with Crippen LogP contribution in [0.4, 0.5) is 0 Å². The Kier molecular flexibility index (Phi) is 3.67. The maximum atomic E-state index is 12.1. The third-order valence-electron chi connectivity index (χ3n) is 9.94. The molecule has 2 aliphatic heterocycles. The molecule has 6 unspecified atom stereocenters. The van der Waals surface area contributed by atoms with Gasteiger partial charge in [0.2, 0.25) is 5.79 Å². The van der Waals surface area contributed by atoms with Gasteiger partial charge in [-0.3, -0.25) is 4.79 Å². The highest BCUT2D eigenvalue weighted by molar-refractivity contribution is 5.82. The zero-order valence-electron chi connectivity index (χ0n) is 17.1. The van der Waals surface area contributed by atoms with Crippen molar-refractivity contribution in [3.05, 3.63) is 11.6 Å². The van der Waals surface area contributed by atoms with Gasteiger partial charge in [-0.2, -0.15) is 0 Å². The maximum Gasteiger partial charge on any atom is 0.226 e. The minimum Gasteiger partial charge on any atom is -0.350 e. The van der Waals surface area contributed by atoms with Crippen molar-refractivity contribution in [2.24, 2.45) is 28.6 Å². The third kappa shape index (κ3) is 1.95. The van der Waals surface area contributed by atoms with E-state index in [1.165, 1.54) is 18.4 Å². The summed E-state index contributed by atoms with van der Waals surface area (Å²) in [6.07, 6.45) is 10.6. The Morgan fingerprint density at radius 1 is 1.00 bits per heavy atom. The zero-order chi connectivity index (χ0) is 19.2. The average molecular weight is 389 g/mol. The Balaban J connectivity index is 1.38. The Bertz CT molecular complexity index is 734. The number of rotatable bonds is 0. The van der Waals surface area contributed by atoms with Crippen molar-refractivity contribution in [2.45, 2.75) is 76.6 Å². The third-order valence-corrected chi connectivity index (χ3v) is 9.94. The van der Waals surface area contributed by atoms with Crippen LogP contribution in [0.2, 0.25) is 0 Å². The molecule has 7 atom stereocenters. The summed E-state index contributed by atoms with van der Waals surface area (Å²) in [6.45, 7) is 5.97. The van der Waals surface area contributed by atoms with Crippen LogP contribution in [0.1, 0.15) is 65.2 Å². The standard InChI is InChI=1S/C23H32O5/c1-20-8-5-16(24)11-15(20)3-4-17-18(20)6-9-21(2)19(17)7-10-22(21)23(28-14-26-22)12-25-13-27-23/h3,17-19H,4-14H2,1-2H3/t17?,18?,19?,20?,21?,22-,23?/m1/s1. The zero-order valence-corrected chi connectivity index (χ0v) is 17.1. The first kappa shape index (κ1) is 18.1. The highest BCUT2D eigenvalue weighted by Gasteiger charge is 2.75. The summed E-state index contributed by atoms with van der Waals surface area (Å²) in [4.78, 5) is 12.1. The minimum absolute atomic E-state index is 0.0462. The molecule has 0 N–H and O–H groups in total. The lowest BCUT2D eigenvalue weighted by Gasteiger charge is -2.59. The Hall–Kier alpha value is -0.750. The molecule has 0 aromatic rings. The molecule has 0 aromatic heterocycles. The SMILES string of the molecule is CC12CCC(=O)CC1=CCC1C2CCC2(C)C1CC[C@@]21OCOC12COCO2. The predicted molar refractivity (Wildman–Crippen MR) is 101 cm³/mol. The first-order chi connectivity index (χ1) is 13.4. The molecule has 0 bridgehead atoms. The summed E-state index contributed by atoms with van der Waals surface area (Å²) in [5, 5.41) is 0. The van der Waals surface area contributed by atoms with Crippen molar-refractivity contribution < 1.29 is 23.7 Å².